The lowest BCUT2D eigenvalue weighted by Crippen LogP contribution is -2.17. The highest BCUT2D eigenvalue weighted by Crippen LogP contribution is 2.47. The Labute approximate surface area is 157 Å². The first-order valence-electron chi connectivity index (χ1n) is 8.38. The number of hydrogen-bond acceptors (Lipinski definition) is 2. The van der Waals surface area contributed by atoms with Crippen molar-refractivity contribution in [3.05, 3.63) is 45.2 Å². The smallest absolute Gasteiger partial charge is 0.326 e. The van der Waals surface area contributed by atoms with Crippen LogP contribution >= 0.6 is 15.9 Å². The van der Waals surface area contributed by atoms with Crippen LogP contribution in [0.25, 0.3) is 0 Å². The van der Waals surface area contributed by atoms with Crippen LogP contribution in [-0.2, 0) is 17.5 Å². The summed E-state index contributed by atoms with van der Waals surface area (Å²) in [6, 6.07) is 5.70. The second-order valence-electron chi connectivity index (χ2n) is 6.61. The summed E-state index contributed by atoms with van der Waals surface area (Å²) in [5.41, 5.74) is 2.25. The van der Waals surface area contributed by atoms with Crippen LogP contribution in [0.1, 0.15) is 47.7 Å². The third-order valence-electron chi connectivity index (χ3n) is 4.46. The Morgan fingerprint density at radius 3 is 2.46 bits per heavy atom. The van der Waals surface area contributed by atoms with Crippen LogP contribution in [0.15, 0.2) is 22.7 Å². The van der Waals surface area contributed by atoms with Crippen molar-refractivity contribution in [2.24, 2.45) is 0 Å². The van der Waals surface area contributed by atoms with E-state index in [0.29, 0.717) is 5.69 Å². The van der Waals surface area contributed by atoms with Gasteiger partial charge in [0, 0.05) is 18.0 Å². The molecule has 1 aliphatic carbocycles. The van der Waals surface area contributed by atoms with Gasteiger partial charge in [-0.05, 0) is 53.7 Å². The topological polar surface area (TPSA) is 46.9 Å². The molecular formula is C18H19BrF3N3O. The number of nitrogens with one attached hydrogen (secondary N) is 1. The highest BCUT2D eigenvalue weighted by Gasteiger charge is 2.41. The van der Waals surface area contributed by atoms with Gasteiger partial charge in [-0.2, -0.15) is 18.3 Å². The molecular weight excluding hydrogens is 411 g/mol. The highest BCUT2D eigenvalue weighted by atomic mass is 79.9. The normalized spacial score (nSPS) is 14.5. The lowest BCUT2D eigenvalue weighted by Gasteiger charge is -2.12. The zero-order chi connectivity index (χ0) is 19.1. The number of aryl methyl sites for hydroxylation is 3. The molecule has 4 nitrogen and oxygen atoms in total. The molecule has 1 aliphatic rings. The summed E-state index contributed by atoms with van der Waals surface area (Å²) in [5.74, 6) is -0.168. The van der Waals surface area contributed by atoms with Crippen LogP contribution in [0, 0.1) is 13.8 Å². The molecule has 140 valence electrons. The second kappa shape index (κ2) is 7.06. The van der Waals surface area contributed by atoms with Gasteiger partial charge in [0.05, 0.1) is 16.7 Å². The van der Waals surface area contributed by atoms with Crippen molar-refractivity contribution in [3.63, 3.8) is 0 Å². The van der Waals surface area contributed by atoms with E-state index in [2.05, 4.69) is 26.3 Å². The average molecular weight is 430 g/mol. The first kappa shape index (κ1) is 18.9. The molecule has 1 aromatic carbocycles. The van der Waals surface area contributed by atoms with E-state index < -0.39 is 11.9 Å². The van der Waals surface area contributed by atoms with Crippen LogP contribution in [0.3, 0.4) is 0 Å². The number of carbonyl (C=O) groups is 1. The Bertz CT molecular complexity index is 821. The van der Waals surface area contributed by atoms with Gasteiger partial charge in [0.25, 0.3) is 0 Å². The van der Waals surface area contributed by atoms with Crippen molar-refractivity contribution < 1.29 is 18.0 Å². The van der Waals surface area contributed by atoms with Crippen LogP contribution < -0.4 is 5.32 Å². The maximum atomic E-state index is 13.1. The average Bonchev–Trinajstić information content (AvgIpc) is 3.31. The van der Waals surface area contributed by atoms with Crippen molar-refractivity contribution in [1.82, 2.24) is 9.78 Å². The van der Waals surface area contributed by atoms with Crippen molar-refractivity contribution in [2.45, 2.75) is 51.7 Å². The van der Waals surface area contributed by atoms with Gasteiger partial charge in [-0.25, -0.2) is 0 Å². The molecule has 0 atom stereocenters. The van der Waals surface area contributed by atoms with Gasteiger partial charge >= 0.3 is 6.18 Å². The van der Waals surface area contributed by atoms with Gasteiger partial charge < -0.3 is 5.32 Å². The number of carbonyl (C=O) groups excluding carboxylic acids is 1. The molecule has 0 aliphatic heterocycles. The third kappa shape index (κ3) is 3.95. The van der Waals surface area contributed by atoms with Gasteiger partial charge in [-0.15, -0.1) is 0 Å². The molecule has 0 saturated heterocycles. The Balaban J connectivity index is 1.74. The van der Waals surface area contributed by atoms with Gasteiger partial charge in [0.15, 0.2) is 5.69 Å². The van der Waals surface area contributed by atoms with Gasteiger partial charge in [-0.1, -0.05) is 18.2 Å². The van der Waals surface area contributed by atoms with Crippen LogP contribution in [0.2, 0.25) is 0 Å². The number of amides is 1. The maximum Gasteiger partial charge on any atom is 0.436 e. The molecule has 1 heterocycles. The molecule has 26 heavy (non-hydrogen) atoms. The molecule has 0 unspecified atom stereocenters. The first-order valence-corrected chi connectivity index (χ1v) is 9.17. The number of para-hydroxylation sites is 1. The summed E-state index contributed by atoms with van der Waals surface area (Å²) in [5, 5.41) is 6.57. The molecule has 3 rings (SSSR count). The summed E-state index contributed by atoms with van der Waals surface area (Å²) in [6.45, 7) is 3.90. The van der Waals surface area contributed by atoms with Crippen LogP contribution in [0.5, 0.6) is 0 Å². The molecule has 0 spiro atoms. The third-order valence-corrected chi connectivity index (χ3v) is 5.24. The predicted octanol–water partition coefficient (Wildman–Crippen LogP) is 5.19. The van der Waals surface area contributed by atoms with E-state index in [-0.39, 0.29) is 29.3 Å². The molecule has 2 aromatic rings. The maximum absolute atomic E-state index is 13.1. The Morgan fingerprint density at radius 2 is 1.92 bits per heavy atom. The van der Waals surface area contributed by atoms with E-state index in [1.54, 1.807) is 0 Å². The molecule has 0 bridgehead atoms. The zero-order valence-corrected chi connectivity index (χ0v) is 16.0. The molecule has 8 heteroatoms. The fourth-order valence-corrected chi connectivity index (χ4v) is 3.80. The molecule has 1 fully saturated rings. The summed E-state index contributed by atoms with van der Waals surface area (Å²) in [7, 11) is 0. The lowest BCUT2D eigenvalue weighted by atomic mass is 10.1. The number of benzene rings is 1. The highest BCUT2D eigenvalue weighted by molar-refractivity contribution is 9.10. The molecule has 1 amide bonds. The SMILES string of the molecule is Cc1cccc(C)c1NC(=O)CCn1nc(C(F)(F)F)c(Br)c1C1CC1. The molecule has 0 radical (unpaired) electrons. The summed E-state index contributed by atoms with van der Waals surface area (Å²) >= 11 is 3.05. The molecule has 1 N–H and O–H groups in total. The van der Waals surface area contributed by atoms with E-state index in [4.69, 9.17) is 0 Å². The quantitative estimate of drug-likeness (QED) is 0.710. The number of anilines is 1. The standard InChI is InChI=1S/C18H19BrF3N3O/c1-10-4-3-5-11(2)15(10)23-13(26)8-9-25-16(12-6-7-12)14(19)17(24-25)18(20,21)22/h3-5,12H,6-9H2,1-2H3,(H,23,26). The Hall–Kier alpha value is -1.83. The van der Waals surface area contributed by atoms with Crippen LogP contribution in [0.4, 0.5) is 18.9 Å². The fraction of sp³-hybridized carbons (Fsp3) is 0.444. The Kier molecular flexibility index (Phi) is 5.14. The van der Waals surface area contributed by atoms with Crippen molar-refractivity contribution in [3.8, 4) is 0 Å². The predicted molar refractivity (Wildman–Crippen MR) is 96.1 cm³/mol. The number of alkyl halides is 3. The minimum Gasteiger partial charge on any atom is -0.326 e. The molecule has 1 aromatic heterocycles. The number of halogens is 4. The number of aromatic nitrogens is 2. The van der Waals surface area contributed by atoms with Crippen molar-refractivity contribution in [2.75, 3.05) is 5.32 Å². The summed E-state index contributed by atoms with van der Waals surface area (Å²) in [6.07, 6.45) is -2.78. The van der Waals surface area contributed by atoms with E-state index in [9.17, 15) is 18.0 Å². The summed E-state index contributed by atoms with van der Waals surface area (Å²) < 4.78 is 40.7. The van der Waals surface area contributed by atoms with Crippen molar-refractivity contribution >= 4 is 27.5 Å². The van der Waals surface area contributed by atoms with Gasteiger partial charge in [-0.3, -0.25) is 9.48 Å². The zero-order valence-electron chi connectivity index (χ0n) is 14.5. The van der Waals surface area contributed by atoms with Crippen molar-refractivity contribution in [1.29, 1.82) is 0 Å². The number of rotatable bonds is 5. The van der Waals surface area contributed by atoms with E-state index in [1.807, 2.05) is 32.0 Å². The van der Waals surface area contributed by atoms with Gasteiger partial charge in [0.2, 0.25) is 5.91 Å². The monoisotopic (exact) mass is 429 g/mol. The number of hydrogen-bond donors (Lipinski definition) is 1. The van der Waals surface area contributed by atoms with E-state index in [0.717, 1.165) is 29.7 Å². The summed E-state index contributed by atoms with van der Waals surface area (Å²) in [4.78, 5) is 12.3. The van der Waals surface area contributed by atoms with Gasteiger partial charge in [0.1, 0.15) is 0 Å². The fourth-order valence-electron chi connectivity index (χ4n) is 2.97. The van der Waals surface area contributed by atoms with E-state index in [1.165, 1.54) is 4.68 Å². The first-order chi connectivity index (χ1) is 12.2. The van der Waals surface area contributed by atoms with E-state index >= 15 is 0 Å². The molecule has 1 saturated carbocycles. The minimum absolute atomic E-state index is 0.00246. The number of nitrogens with zero attached hydrogens (tertiary/aromatic N) is 2. The Morgan fingerprint density at radius 1 is 1.31 bits per heavy atom. The van der Waals surface area contributed by atoms with Crippen LogP contribution in [-0.4, -0.2) is 15.7 Å². The minimum atomic E-state index is -4.52. The largest absolute Gasteiger partial charge is 0.436 e. The second-order valence-corrected chi connectivity index (χ2v) is 7.40. The lowest BCUT2D eigenvalue weighted by molar-refractivity contribution is -0.142.